The molecule has 1 N–H and O–H groups in total. The number of hydrogen-bond donors (Lipinski definition) is 1. The number of halogens is 2. The highest BCUT2D eigenvalue weighted by Gasteiger charge is 2.53. The molecule has 0 radical (unpaired) electrons. The summed E-state index contributed by atoms with van der Waals surface area (Å²) in [6, 6.07) is 2.02. The molecule has 0 saturated carbocycles. The van der Waals surface area contributed by atoms with Gasteiger partial charge in [0.1, 0.15) is 11.6 Å². The molecular weight excluding hydrogens is 303 g/mol. The maximum absolute atomic E-state index is 14.7. The van der Waals surface area contributed by atoms with Gasteiger partial charge in [-0.3, -0.25) is 4.79 Å². The molecule has 1 aromatic rings. The van der Waals surface area contributed by atoms with Crippen molar-refractivity contribution < 1.29 is 22.9 Å². The van der Waals surface area contributed by atoms with Crippen LogP contribution in [0.3, 0.4) is 0 Å². The fourth-order valence-corrected chi connectivity index (χ4v) is 2.26. The summed E-state index contributed by atoms with van der Waals surface area (Å²) in [5, 5.41) is 2.59. The van der Waals surface area contributed by atoms with Crippen molar-refractivity contribution >= 4 is 18.5 Å². The Labute approximate surface area is 135 Å². The summed E-state index contributed by atoms with van der Waals surface area (Å²) >= 11 is 0. The van der Waals surface area contributed by atoms with Crippen LogP contribution in [0.15, 0.2) is 12.1 Å². The summed E-state index contributed by atoms with van der Waals surface area (Å²) in [6.45, 7) is 10.7. The molecule has 126 valence electrons. The second kappa shape index (κ2) is 5.87. The van der Waals surface area contributed by atoms with Gasteiger partial charge in [-0.1, -0.05) is 0 Å². The third-order valence-electron chi connectivity index (χ3n) is 4.28. The van der Waals surface area contributed by atoms with Crippen LogP contribution in [-0.4, -0.2) is 30.3 Å². The van der Waals surface area contributed by atoms with Gasteiger partial charge in [0, 0.05) is 6.04 Å². The normalized spacial score (nSPS) is 19.3. The lowest BCUT2D eigenvalue weighted by atomic mass is 9.77. The van der Waals surface area contributed by atoms with E-state index in [4.69, 9.17) is 9.31 Å². The first-order valence-corrected chi connectivity index (χ1v) is 7.60. The van der Waals surface area contributed by atoms with Crippen molar-refractivity contribution in [1.82, 2.24) is 5.32 Å². The van der Waals surface area contributed by atoms with Gasteiger partial charge in [0.05, 0.1) is 22.2 Å². The predicted molar refractivity (Wildman–Crippen MR) is 84.7 cm³/mol. The second-order valence-electron chi connectivity index (χ2n) is 7.04. The summed E-state index contributed by atoms with van der Waals surface area (Å²) in [4.78, 5) is 12.1. The fourth-order valence-electron chi connectivity index (χ4n) is 2.26. The maximum Gasteiger partial charge on any atom is 0.500 e. The summed E-state index contributed by atoms with van der Waals surface area (Å²) in [5.41, 5.74) is -2.07. The summed E-state index contributed by atoms with van der Waals surface area (Å²) in [7, 11) is -1.20. The molecule has 1 fully saturated rings. The Morgan fingerprint density at radius 1 is 1.13 bits per heavy atom. The summed E-state index contributed by atoms with van der Waals surface area (Å²) < 4.78 is 40.3. The number of hydrogen-bond acceptors (Lipinski definition) is 3. The van der Waals surface area contributed by atoms with Gasteiger partial charge in [-0.05, 0) is 53.7 Å². The highest BCUT2D eigenvalue weighted by molar-refractivity contribution is 6.62. The summed E-state index contributed by atoms with van der Waals surface area (Å²) in [6.07, 6.45) is 0. The summed E-state index contributed by atoms with van der Waals surface area (Å²) in [5.74, 6) is -2.36. The number of amides is 1. The lowest BCUT2D eigenvalue weighted by Crippen LogP contribution is -2.41. The van der Waals surface area contributed by atoms with Crippen molar-refractivity contribution in [2.75, 3.05) is 0 Å². The average molecular weight is 325 g/mol. The molecule has 0 unspecified atom stereocenters. The zero-order chi connectivity index (χ0) is 17.6. The fraction of sp³-hybridized carbons (Fsp3) is 0.562. The van der Waals surface area contributed by atoms with Crippen LogP contribution < -0.4 is 10.8 Å². The Morgan fingerprint density at radius 3 is 2.13 bits per heavy atom. The van der Waals surface area contributed by atoms with E-state index in [0.29, 0.717) is 0 Å². The largest absolute Gasteiger partial charge is 0.500 e. The van der Waals surface area contributed by atoms with E-state index in [2.05, 4.69) is 5.32 Å². The molecular formula is C16H22BF2NO3. The predicted octanol–water partition coefficient (Wildman–Crippen LogP) is 2.40. The van der Waals surface area contributed by atoms with Crippen molar-refractivity contribution in [3.63, 3.8) is 0 Å². The smallest absolute Gasteiger partial charge is 0.399 e. The number of nitrogens with one attached hydrogen (secondary N) is 1. The van der Waals surface area contributed by atoms with E-state index in [0.717, 1.165) is 12.1 Å². The number of benzene rings is 1. The highest BCUT2D eigenvalue weighted by Crippen LogP contribution is 2.37. The molecule has 0 atom stereocenters. The Kier molecular flexibility index (Phi) is 4.56. The Morgan fingerprint density at radius 2 is 1.65 bits per heavy atom. The Bertz CT molecular complexity index is 616. The third-order valence-corrected chi connectivity index (χ3v) is 4.28. The molecule has 0 aromatic heterocycles. The third kappa shape index (κ3) is 3.26. The van der Waals surface area contributed by atoms with Gasteiger partial charge < -0.3 is 14.6 Å². The van der Waals surface area contributed by atoms with Crippen LogP contribution >= 0.6 is 0 Å². The molecule has 0 bridgehead atoms. The van der Waals surface area contributed by atoms with Crippen LogP contribution in [0.4, 0.5) is 8.78 Å². The topological polar surface area (TPSA) is 47.6 Å². The van der Waals surface area contributed by atoms with E-state index >= 15 is 0 Å². The molecule has 0 spiro atoms. The van der Waals surface area contributed by atoms with E-state index in [1.165, 1.54) is 0 Å². The molecule has 7 heteroatoms. The molecule has 1 aliphatic heterocycles. The maximum atomic E-state index is 14.7. The second-order valence-corrected chi connectivity index (χ2v) is 7.04. The Hall–Kier alpha value is -1.47. The molecule has 1 amide bonds. The van der Waals surface area contributed by atoms with Gasteiger partial charge in [0.15, 0.2) is 0 Å². The van der Waals surface area contributed by atoms with Crippen molar-refractivity contribution in [2.24, 2.45) is 0 Å². The molecule has 1 heterocycles. The number of carbonyl (C=O) groups is 1. The van der Waals surface area contributed by atoms with Gasteiger partial charge >= 0.3 is 7.12 Å². The first-order valence-electron chi connectivity index (χ1n) is 7.60. The van der Waals surface area contributed by atoms with E-state index in [1.54, 1.807) is 41.5 Å². The van der Waals surface area contributed by atoms with Crippen molar-refractivity contribution in [3.8, 4) is 0 Å². The minimum atomic E-state index is -1.20. The minimum absolute atomic E-state index is 0.160. The highest BCUT2D eigenvalue weighted by atomic mass is 19.1. The van der Waals surface area contributed by atoms with Gasteiger partial charge in [-0.2, -0.15) is 0 Å². The lowest BCUT2D eigenvalue weighted by Gasteiger charge is -2.32. The average Bonchev–Trinajstić information content (AvgIpc) is 2.56. The molecule has 1 aliphatic rings. The molecule has 4 nitrogen and oxygen atoms in total. The van der Waals surface area contributed by atoms with E-state index in [9.17, 15) is 13.6 Å². The monoisotopic (exact) mass is 325 g/mol. The van der Waals surface area contributed by atoms with Gasteiger partial charge in [0.2, 0.25) is 0 Å². The van der Waals surface area contributed by atoms with Crippen LogP contribution in [0.5, 0.6) is 0 Å². The van der Waals surface area contributed by atoms with E-state index in [1.807, 2.05) is 0 Å². The molecule has 1 saturated heterocycles. The SMILES string of the molecule is CC(C)NC(=O)c1ccc(F)c(B2OC(C)(C)C(C)(C)O2)c1F. The van der Waals surface area contributed by atoms with Gasteiger partial charge in [-0.15, -0.1) is 0 Å². The zero-order valence-electron chi connectivity index (χ0n) is 14.3. The van der Waals surface area contributed by atoms with Crippen LogP contribution in [-0.2, 0) is 9.31 Å². The van der Waals surface area contributed by atoms with Crippen LogP contribution in [0.2, 0.25) is 0 Å². The number of rotatable bonds is 3. The van der Waals surface area contributed by atoms with Gasteiger partial charge in [0.25, 0.3) is 5.91 Å². The minimum Gasteiger partial charge on any atom is -0.399 e. The Balaban J connectivity index is 2.43. The van der Waals surface area contributed by atoms with Crippen LogP contribution in [0.1, 0.15) is 51.9 Å². The van der Waals surface area contributed by atoms with Crippen LogP contribution in [0, 0.1) is 11.6 Å². The van der Waals surface area contributed by atoms with Crippen LogP contribution in [0.25, 0.3) is 0 Å². The first kappa shape index (κ1) is 17.9. The number of carbonyl (C=O) groups excluding carboxylic acids is 1. The molecule has 0 aliphatic carbocycles. The molecule has 1 aromatic carbocycles. The quantitative estimate of drug-likeness (QED) is 0.868. The molecule has 23 heavy (non-hydrogen) atoms. The van der Waals surface area contributed by atoms with Crippen molar-refractivity contribution in [3.05, 3.63) is 29.3 Å². The standard InChI is InChI=1S/C16H22BF2NO3/c1-9(2)20-14(21)10-7-8-11(18)12(13(10)19)17-22-15(3,4)16(5,6)23-17/h7-9H,1-6H3,(H,20,21). The van der Waals surface area contributed by atoms with Gasteiger partial charge in [-0.25, -0.2) is 8.78 Å². The van der Waals surface area contributed by atoms with E-state index < -0.39 is 35.9 Å². The van der Waals surface area contributed by atoms with Crippen molar-refractivity contribution in [2.45, 2.75) is 58.8 Å². The van der Waals surface area contributed by atoms with Crippen molar-refractivity contribution in [1.29, 1.82) is 0 Å². The zero-order valence-corrected chi connectivity index (χ0v) is 14.3. The lowest BCUT2D eigenvalue weighted by molar-refractivity contribution is 0.00578. The first-order chi connectivity index (χ1) is 10.5. The van der Waals surface area contributed by atoms with E-state index in [-0.39, 0.29) is 17.1 Å². The molecule has 2 rings (SSSR count).